The summed E-state index contributed by atoms with van der Waals surface area (Å²) in [5.74, 6) is -1.89. The number of hydrogen-bond donors (Lipinski definition) is 1. The van der Waals surface area contributed by atoms with Gasteiger partial charge in [-0.25, -0.2) is 4.79 Å². The summed E-state index contributed by atoms with van der Waals surface area (Å²) in [5.41, 5.74) is 8.19. The summed E-state index contributed by atoms with van der Waals surface area (Å²) in [7, 11) is 1.40. The Bertz CT molecular complexity index is 1800. The van der Waals surface area contributed by atoms with E-state index in [0.29, 0.717) is 11.1 Å². The number of ether oxygens (including phenoxy) is 4. The van der Waals surface area contributed by atoms with E-state index in [0.717, 1.165) is 11.1 Å². The normalized spacial score (nSPS) is 10.1. The first-order chi connectivity index (χ1) is 24.6. The lowest BCUT2D eigenvalue weighted by Gasteiger charge is -2.15. The molecule has 12 heteroatoms. The van der Waals surface area contributed by atoms with Crippen LogP contribution in [0.3, 0.4) is 0 Å². The van der Waals surface area contributed by atoms with Gasteiger partial charge in [0.2, 0.25) is 5.91 Å². The number of nitrogens with two attached hydrogens (primary N) is 1. The molecule has 1 amide bonds. The standard InChI is InChI=1S/C21H20N2O6.C18H18O4/c1-4-6-13-10-14(23(26)27)8-9-16(13)21(25)29-19-12-15(28-3)11-18(20(22)24)17(19)7-5-2;19-17(21-13-15-7-3-1-4-8-15)11-12-18(20)22-14-16-9-5-2-6-10-16/h4-5,8-12H,1-2,6-7H2,3H3,(H2,22,24);1-10H,11-14H2. The van der Waals surface area contributed by atoms with Crippen LogP contribution in [-0.2, 0) is 45.1 Å². The SMILES string of the molecule is C=CCc1cc([N+](=O)[O-])ccc1C(=O)Oc1cc(OC)cc(C(N)=O)c1CC=C.O=C(CCC(=O)OCc1ccccc1)OCc1ccccc1. The molecule has 0 aliphatic rings. The van der Waals surface area contributed by atoms with Crippen LogP contribution in [0.15, 0.2) is 116 Å². The molecule has 51 heavy (non-hydrogen) atoms. The number of carbonyl (C=O) groups is 4. The second-order valence-electron chi connectivity index (χ2n) is 10.8. The Morgan fingerprint density at radius 1 is 0.765 bits per heavy atom. The maximum absolute atomic E-state index is 12.8. The van der Waals surface area contributed by atoms with Gasteiger partial charge in [-0.05, 0) is 41.7 Å². The van der Waals surface area contributed by atoms with Gasteiger partial charge in [-0.15, -0.1) is 13.2 Å². The summed E-state index contributed by atoms with van der Waals surface area (Å²) in [6.07, 6.45) is 3.58. The zero-order chi connectivity index (χ0) is 37.2. The number of non-ortho nitro benzene ring substituents is 1. The molecule has 0 fully saturated rings. The molecule has 0 aliphatic heterocycles. The fourth-order valence-corrected chi connectivity index (χ4v) is 4.60. The highest BCUT2D eigenvalue weighted by Crippen LogP contribution is 2.31. The maximum atomic E-state index is 12.8. The minimum Gasteiger partial charge on any atom is -0.497 e. The predicted octanol–water partition coefficient (Wildman–Crippen LogP) is 6.63. The summed E-state index contributed by atoms with van der Waals surface area (Å²) in [6, 6.07) is 25.6. The highest BCUT2D eigenvalue weighted by atomic mass is 16.6. The van der Waals surface area contributed by atoms with Gasteiger partial charge in [-0.3, -0.25) is 24.5 Å². The number of allylic oxidation sites excluding steroid dienone is 2. The van der Waals surface area contributed by atoms with Gasteiger partial charge in [-0.2, -0.15) is 0 Å². The van der Waals surface area contributed by atoms with Crippen molar-refractivity contribution in [2.24, 2.45) is 5.73 Å². The first-order valence-electron chi connectivity index (χ1n) is 15.7. The van der Waals surface area contributed by atoms with Crippen molar-refractivity contribution in [3.63, 3.8) is 0 Å². The van der Waals surface area contributed by atoms with Crippen molar-refractivity contribution < 1.29 is 43.0 Å². The second-order valence-corrected chi connectivity index (χ2v) is 10.8. The highest BCUT2D eigenvalue weighted by Gasteiger charge is 2.21. The fourth-order valence-electron chi connectivity index (χ4n) is 4.60. The molecule has 4 aromatic carbocycles. The van der Waals surface area contributed by atoms with Crippen LogP contribution in [0, 0.1) is 10.1 Å². The zero-order valence-corrected chi connectivity index (χ0v) is 28.1. The van der Waals surface area contributed by atoms with Gasteiger partial charge < -0.3 is 24.7 Å². The number of hydrogen-bond acceptors (Lipinski definition) is 10. The quantitative estimate of drug-likeness (QED) is 0.0441. The number of carbonyl (C=O) groups excluding carboxylic acids is 4. The highest BCUT2D eigenvalue weighted by molar-refractivity contribution is 5.97. The second kappa shape index (κ2) is 20.1. The largest absolute Gasteiger partial charge is 0.497 e. The van der Waals surface area contributed by atoms with E-state index in [4.69, 9.17) is 24.7 Å². The van der Waals surface area contributed by atoms with Gasteiger partial charge in [-0.1, -0.05) is 72.8 Å². The lowest BCUT2D eigenvalue weighted by Crippen LogP contribution is -2.17. The molecule has 2 N–H and O–H groups in total. The molecule has 12 nitrogen and oxygen atoms in total. The minimum absolute atomic E-state index is 0.0282. The van der Waals surface area contributed by atoms with E-state index >= 15 is 0 Å². The number of nitro groups is 1. The molecule has 0 radical (unpaired) electrons. The van der Waals surface area contributed by atoms with E-state index in [1.165, 1.54) is 43.5 Å². The number of nitrogens with zero attached hydrogens (tertiary/aromatic N) is 1. The Balaban J connectivity index is 0.000000286. The third-order valence-electron chi connectivity index (χ3n) is 7.14. The van der Waals surface area contributed by atoms with E-state index in [9.17, 15) is 29.3 Å². The smallest absolute Gasteiger partial charge is 0.343 e. The molecule has 0 spiro atoms. The Morgan fingerprint density at radius 3 is 1.78 bits per heavy atom. The van der Waals surface area contributed by atoms with Crippen molar-refractivity contribution >= 4 is 29.5 Å². The Morgan fingerprint density at radius 2 is 1.31 bits per heavy atom. The number of rotatable bonds is 16. The van der Waals surface area contributed by atoms with E-state index in [2.05, 4.69) is 13.2 Å². The van der Waals surface area contributed by atoms with Gasteiger partial charge >= 0.3 is 17.9 Å². The van der Waals surface area contributed by atoms with Crippen molar-refractivity contribution in [2.75, 3.05) is 7.11 Å². The Labute approximate surface area is 295 Å². The number of nitro benzene ring substituents is 1. The number of methoxy groups -OCH3 is 1. The third-order valence-corrected chi connectivity index (χ3v) is 7.14. The molecule has 4 rings (SSSR count). The number of amides is 1. The van der Waals surface area contributed by atoms with Gasteiger partial charge in [0.1, 0.15) is 24.7 Å². The average Bonchev–Trinajstić information content (AvgIpc) is 3.14. The Kier molecular flexibility index (Phi) is 15.3. The predicted molar refractivity (Wildman–Crippen MR) is 189 cm³/mol. The maximum Gasteiger partial charge on any atom is 0.343 e. The fraction of sp³-hybridized carbons (Fsp3) is 0.179. The summed E-state index contributed by atoms with van der Waals surface area (Å²) >= 11 is 0. The van der Waals surface area contributed by atoms with Crippen LogP contribution in [0.4, 0.5) is 5.69 Å². The van der Waals surface area contributed by atoms with E-state index in [-0.39, 0.29) is 67.2 Å². The zero-order valence-electron chi connectivity index (χ0n) is 28.1. The molecule has 0 saturated heterocycles. The van der Waals surface area contributed by atoms with Gasteiger partial charge in [0.25, 0.3) is 5.69 Å². The van der Waals surface area contributed by atoms with Crippen molar-refractivity contribution in [1.29, 1.82) is 0 Å². The molecule has 264 valence electrons. The average molecular weight is 695 g/mol. The lowest BCUT2D eigenvalue weighted by molar-refractivity contribution is -0.384. The molecule has 0 heterocycles. The topological polar surface area (TPSA) is 174 Å². The summed E-state index contributed by atoms with van der Waals surface area (Å²) in [6.45, 7) is 7.69. The summed E-state index contributed by atoms with van der Waals surface area (Å²) < 4.78 is 20.9. The molecule has 0 aromatic heterocycles. The first-order valence-corrected chi connectivity index (χ1v) is 15.7. The molecular formula is C39H38N2O10. The van der Waals surface area contributed by atoms with Gasteiger partial charge in [0, 0.05) is 29.3 Å². The molecule has 0 bridgehead atoms. The molecule has 0 unspecified atom stereocenters. The molecule has 4 aromatic rings. The van der Waals surface area contributed by atoms with Crippen LogP contribution in [-0.4, -0.2) is 35.8 Å². The van der Waals surface area contributed by atoms with Gasteiger partial charge in [0.05, 0.1) is 30.4 Å². The minimum atomic E-state index is -0.745. The van der Waals surface area contributed by atoms with Crippen molar-refractivity contribution in [3.8, 4) is 11.5 Å². The molecule has 0 saturated carbocycles. The summed E-state index contributed by atoms with van der Waals surface area (Å²) in [4.78, 5) is 58.2. The Hall–Kier alpha value is -6.56. The van der Waals surface area contributed by atoms with Crippen LogP contribution < -0.4 is 15.2 Å². The van der Waals surface area contributed by atoms with E-state index < -0.39 is 28.7 Å². The lowest BCUT2D eigenvalue weighted by atomic mass is 10.0. The van der Waals surface area contributed by atoms with Crippen LogP contribution in [0.2, 0.25) is 0 Å². The van der Waals surface area contributed by atoms with Crippen LogP contribution in [0.5, 0.6) is 11.5 Å². The van der Waals surface area contributed by atoms with E-state index in [1.54, 1.807) is 6.08 Å². The van der Waals surface area contributed by atoms with Crippen molar-refractivity contribution in [2.45, 2.75) is 38.9 Å². The number of benzene rings is 4. The molecule has 0 aliphatic carbocycles. The van der Waals surface area contributed by atoms with Gasteiger partial charge in [0.15, 0.2) is 0 Å². The van der Waals surface area contributed by atoms with Crippen LogP contribution >= 0.6 is 0 Å². The summed E-state index contributed by atoms with van der Waals surface area (Å²) in [5, 5.41) is 11.0. The number of esters is 3. The van der Waals surface area contributed by atoms with E-state index in [1.807, 2.05) is 60.7 Å². The monoisotopic (exact) mass is 694 g/mol. The van der Waals surface area contributed by atoms with Crippen molar-refractivity contribution in [3.05, 3.63) is 160 Å². The molecular weight excluding hydrogens is 656 g/mol. The number of primary amides is 1. The first kappa shape index (κ1) is 38.9. The molecule has 0 atom stereocenters. The van der Waals surface area contributed by atoms with Crippen molar-refractivity contribution in [1.82, 2.24) is 0 Å². The van der Waals surface area contributed by atoms with Crippen LogP contribution in [0.1, 0.15) is 55.8 Å². The van der Waals surface area contributed by atoms with Crippen LogP contribution in [0.25, 0.3) is 0 Å². The third kappa shape index (κ3) is 12.4.